The molecule has 94 valence electrons. The van der Waals surface area contributed by atoms with E-state index in [-0.39, 0.29) is 11.9 Å². The highest BCUT2D eigenvalue weighted by Gasteiger charge is 2.25. The van der Waals surface area contributed by atoms with Crippen LogP contribution in [0, 0.1) is 17.7 Å². The van der Waals surface area contributed by atoms with Gasteiger partial charge in [0.1, 0.15) is 11.6 Å². The van der Waals surface area contributed by atoms with Crippen molar-refractivity contribution in [1.82, 2.24) is 0 Å². The van der Waals surface area contributed by atoms with Crippen LogP contribution in [0.5, 0.6) is 5.75 Å². The fraction of sp³-hybridized carbons (Fsp3) is 0.571. The topological polar surface area (TPSA) is 35.2 Å². The smallest absolute Gasteiger partial charge is 0.145 e. The van der Waals surface area contributed by atoms with Crippen LogP contribution in [-0.4, -0.2) is 6.10 Å². The van der Waals surface area contributed by atoms with E-state index in [1.54, 1.807) is 6.07 Å². The van der Waals surface area contributed by atoms with E-state index in [0.29, 0.717) is 23.3 Å². The summed E-state index contributed by atoms with van der Waals surface area (Å²) in [6.07, 6.45) is 3.47. The predicted molar refractivity (Wildman–Crippen MR) is 67.4 cm³/mol. The van der Waals surface area contributed by atoms with Crippen molar-refractivity contribution in [3.8, 4) is 5.75 Å². The van der Waals surface area contributed by atoms with E-state index in [9.17, 15) is 4.39 Å². The average molecular weight is 237 g/mol. The van der Waals surface area contributed by atoms with Crippen LogP contribution < -0.4 is 10.5 Å². The minimum absolute atomic E-state index is 0.165. The first-order valence-corrected chi connectivity index (χ1v) is 6.26. The van der Waals surface area contributed by atoms with Gasteiger partial charge in [0, 0.05) is 6.07 Å². The molecule has 3 heteroatoms. The summed E-state index contributed by atoms with van der Waals surface area (Å²) in [6, 6.07) is 4.29. The van der Waals surface area contributed by atoms with E-state index in [1.165, 1.54) is 18.6 Å². The first kappa shape index (κ1) is 12.2. The molecule has 0 aromatic heterocycles. The number of rotatable bonds is 2. The third-order valence-electron chi connectivity index (χ3n) is 3.40. The van der Waals surface area contributed by atoms with Crippen LogP contribution in [0.15, 0.2) is 18.2 Å². The summed E-state index contributed by atoms with van der Waals surface area (Å²) in [7, 11) is 0. The predicted octanol–water partition coefficient (Wildman–Crippen LogP) is 3.61. The van der Waals surface area contributed by atoms with Crippen molar-refractivity contribution in [3.63, 3.8) is 0 Å². The van der Waals surface area contributed by atoms with Crippen LogP contribution >= 0.6 is 0 Å². The van der Waals surface area contributed by atoms with Gasteiger partial charge in [0.15, 0.2) is 0 Å². The van der Waals surface area contributed by atoms with Crippen LogP contribution in [0.1, 0.15) is 33.1 Å². The lowest BCUT2D eigenvalue weighted by Gasteiger charge is -2.32. The molecule has 2 unspecified atom stereocenters. The third-order valence-corrected chi connectivity index (χ3v) is 3.40. The highest BCUT2D eigenvalue weighted by atomic mass is 19.1. The Labute approximate surface area is 102 Å². The van der Waals surface area contributed by atoms with Gasteiger partial charge in [-0.25, -0.2) is 4.39 Å². The van der Waals surface area contributed by atoms with Crippen LogP contribution in [0.4, 0.5) is 10.1 Å². The number of benzene rings is 1. The molecule has 2 nitrogen and oxygen atoms in total. The average Bonchev–Trinajstić information content (AvgIpc) is 2.22. The molecule has 2 rings (SSSR count). The standard InChI is InChI=1S/C14H20FNO/c1-9-5-10(2)7-12(6-9)17-14-8-11(15)3-4-13(14)16/h3-4,8-10,12H,5-7,16H2,1-2H3. The lowest BCUT2D eigenvalue weighted by atomic mass is 9.82. The number of nitrogens with two attached hydrogens (primary N) is 1. The lowest BCUT2D eigenvalue weighted by molar-refractivity contribution is 0.101. The molecule has 0 amide bonds. The Balaban J connectivity index is 2.07. The van der Waals surface area contributed by atoms with Gasteiger partial charge >= 0.3 is 0 Å². The molecular formula is C14H20FNO. The third kappa shape index (κ3) is 3.11. The van der Waals surface area contributed by atoms with Gasteiger partial charge in [-0.2, -0.15) is 0 Å². The number of hydrogen-bond acceptors (Lipinski definition) is 2. The largest absolute Gasteiger partial charge is 0.488 e. The van der Waals surface area contributed by atoms with Crippen molar-refractivity contribution >= 4 is 5.69 Å². The molecule has 0 spiro atoms. The van der Waals surface area contributed by atoms with E-state index in [0.717, 1.165) is 12.8 Å². The summed E-state index contributed by atoms with van der Waals surface area (Å²) in [5.74, 6) is 1.51. The molecule has 1 aromatic rings. The second-order valence-corrected chi connectivity index (χ2v) is 5.34. The number of halogens is 1. The van der Waals surface area contributed by atoms with Crippen LogP contribution in [0.3, 0.4) is 0 Å². The molecule has 0 saturated heterocycles. The van der Waals surface area contributed by atoms with Crippen LogP contribution in [0.2, 0.25) is 0 Å². The van der Waals surface area contributed by atoms with Gasteiger partial charge in [0.05, 0.1) is 11.8 Å². The molecule has 0 bridgehead atoms. The number of hydrogen-bond donors (Lipinski definition) is 1. The van der Waals surface area contributed by atoms with Gasteiger partial charge in [-0.1, -0.05) is 13.8 Å². The quantitative estimate of drug-likeness (QED) is 0.797. The van der Waals surface area contributed by atoms with Gasteiger partial charge in [-0.3, -0.25) is 0 Å². The maximum atomic E-state index is 13.1. The first-order chi connectivity index (χ1) is 8.04. The van der Waals surface area contributed by atoms with Gasteiger partial charge in [-0.05, 0) is 43.2 Å². The highest BCUT2D eigenvalue weighted by Crippen LogP contribution is 2.33. The minimum atomic E-state index is -0.300. The summed E-state index contributed by atoms with van der Waals surface area (Å²) in [5, 5.41) is 0. The second-order valence-electron chi connectivity index (χ2n) is 5.34. The Hall–Kier alpha value is -1.25. The first-order valence-electron chi connectivity index (χ1n) is 6.26. The van der Waals surface area contributed by atoms with Crippen molar-refractivity contribution in [3.05, 3.63) is 24.0 Å². The van der Waals surface area contributed by atoms with E-state index < -0.39 is 0 Å². The Morgan fingerprint density at radius 1 is 1.18 bits per heavy atom. The van der Waals surface area contributed by atoms with Gasteiger partial charge in [0.2, 0.25) is 0 Å². The molecule has 2 N–H and O–H groups in total. The SMILES string of the molecule is CC1CC(C)CC(Oc2cc(F)ccc2N)C1. The highest BCUT2D eigenvalue weighted by molar-refractivity contribution is 5.52. The van der Waals surface area contributed by atoms with E-state index in [2.05, 4.69) is 13.8 Å². The molecule has 0 aliphatic heterocycles. The molecule has 0 heterocycles. The maximum absolute atomic E-state index is 13.1. The maximum Gasteiger partial charge on any atom is 0.145 e. The second kappa shape index (κ2) is 4.94. The molecule has 2 atom stereocenters. The molecule has 1 saturated carbocycles. The Bertz CT molecular complexity index is 384. The Morgan fingerprint density at radius 2 is 1.82 bits per heavy atom. The van der Waals surface area contributed by atoms with Crippen molar-refractivity contribution < 1.29 is 9.13 Å². The van der Waals surface area contributed by atoms with Crippen molar-refractivity contribution in [2.24, 2.45) is 11.8 Å². The van der Waals surface area contributed by atoms with Crippen molar-refractivity contribution in [1.29, 1.82) is 0 Å². The summed E-state index contributed by atoms with van der Waals surface area (Å²) < 4.78 is 19.0. The van der Waals surface area contributed by atoms with Crippen LogP contribution in [-0.2, 0) is 0 Å². The Kier molecular flexibility index (Phi) is 3.55. The minimum Gasteiger partial charge on any atom is -0.488 e. The van der Waals surface area contributed by atoms with E-state index in [1.807, 2.05) is 0 Å². The Morgan fingerprint density at radius 3 is 2.47 bits per heavy atom. The summed E-state index contributed by atoms with van der Waals surface area (Å²) in [5.41, 5.74) is 6.30. The fourth-order valence-electron chi connectivity index (χ4n) is 2.76. The zero-order chi connectivity index (χ0) is 12.4. The number of nitrogen functional groups attached to an aromatic ring is 1. The molecule has 1 aromatic carbocycles. The summed E-state index contributed by atoms with van der Waals surface area (Å²) in [6.45, 7) is 4.47. The van der Waals surface area contributed by atoms with Gasteiger partial charge < -0.3 is 10.5 Å². The van der Waals surface area contributed by atoms with Crippen LogP contribution in [0.25, 0.3) is 0 Å². The number of anilines is 1. The fourth-order valence-corrected chi connectivity index (χ4v) is 2.76. The molecule has 17 heavy (non-hydrogen) atoms. The van der Waals surface area contributed by atoms with Crippen molar-refractivity contribution in [2.45, 2.75) is 39.2 Å². The van der Waals surface area contributed by atoms with E-state index in [4.69, 9.17) is 10.5 Å². The normalized spacial score (nSPS) is 29.0. The molecule has 1 aliphatic rings. The van der Waals surface area contributed by atoms with Gasteiger partial charge in [0.25, 0.3) is 0 Å². The lowest BCUT2D eigenvalue weighted by Crippen LogP contribution is -2.28. The molecule has 1 fully saturated rings. The summed E-state index contributed by atoms with van der Waals surface area (Å²) in [4.78, 5) is 0. The van der Waals surface area contributed by atoms with E-state index >= 15 is 0 Å². The zero-order valence-electron chi connectivity index (χ0n) is 10.4. The molecule has 1 aliphatic carbocycles. The van der Waals surface area contributed by atoms with Crippen molar-refractivity contribution in [2.75, 3.05) is 5.73 Å². The number of ether oxygens (including phenoxy) is 1. The monoisotopic (exact) mass is 237 g/mol. The molecular weight excluding hydrogens is 217 g/mol. The summed E-state index contributed by atoms with van der Waals surface area (Å²) >= 11 is 0. The van der Waals surface area contributed by atoms with Gasteiger partial charge in [-0.15, -0.1) is 0 Å². The molecule has 0 radical (unpaired) electrons. The zero-order valence-corrected chi connectivity index (χ0v) is 10.4.